The molecule has 1 saturated carbocycles. The summed E-state index contributed by atoms with van der Waals surface area (Å²) in [4.78, 5) is 33.4. The van der Waals surface area contributed by atoms with Crippen LogP contribution in [0.4, 0.5) is 0 Å². The summed E-state index contributed by atoms with van der Waals surface area (Å²) in [5.74, 6) is 0.673. The molecule has 10 heteroatoms. The fraction of sp³-hybridized carbons (Fsp3) is 0.367. The second-order valence-electron chi connectivity index (χ2n) is 16.4. The molecule has 4 atom stereocenters. The molecule has 0 radical (unpaired) electrons. The van der Waals surface area contributed by atoms with E-state index in [1.165, 1.54) is 16.7 Å². The summed E-state index contributed by atoms with van der Waals surface area (Å²) in [6, 6.07) is 27.2. The molecule has 8 nitrogen and oxygen atoms in total. The number of carboxylic acid groups (broad SMARTS) is 1. The number of halogens is 2. The van der Waals surface area contributed by atoms with Crippen molar-refractivity contribution in [3.05, 3.63) is 146 Å². The molecular formula is C49H51Cl2N3O5. The monoisotopic (exact) mass is 831 g/mol. The number of amides is 1. The summed E-state index contributed by atoms with van der Waals surface area (Å²) in [6.07, 6.45) is 8.08. The summed E-state index contributed by atoms with van der Waals surface area (Å²) >= 11 is 12.4. The number of nitrogens with zero attached hydrogens (tertiary/aromatic N) is 2. The number of nitrogens with one attached hydrogen (secondary N) is 1. The minimum atomic E-state index is -1.05. The first-order chi connectivity index (χ1) is 28.5. The highest BCUT2D eigenvalue weighted by Gasteiger charge is 2.40. The third-order valence-corrected chi connectivity index (χ3v) is 13.4. The molecule has 8 rings (SSSR count). The van der Waals surface area contributed by atoms with E-state index in [0.29, 0.717) is 35.7 Å². The number of carbonyl (C=O) groups is 2. The number of hydrogen-bond donors (Lipinski definition) is 2. The Morgan fingerprint density at radius 1 is 0.915 bits per heavy atom. The number of hydrogen-bond acceptors (Lipinski definition) is 6. The van der Waals surface area contributed by atoms with Crippen molar-refractivity contribution in [2.45, 2.75) is 109 Å². The summed E-state index contributed by atoms with van der Waals surface area (Å²) in [7, 11) is 0. The molecular weight excluding hydrogens is 781 g/mol. The van der Waals surface area contributed by atoms with Gasteiger partial charge in [0.2, 0.25) is 5.91 Å². The fourth-order valence-electron chi connectivity index (χ4n) is 8.85. The van der Waals surface area contributed by atoms with Gasteiger partial charge in [-0.3, -0.25) is 14.7 Å². The van der Waals surface area contributed by atoms with Crippen LogP contribution in [0.15, 0.2) is 91.1 Å². The number of aryl methyl sites for hydroxylation is 1. The molecule has 0 saturated heterocycles. The van der Waals surface area contributed by atoms with Gasteiger partial charge in [-0.05, 0) is 145 Å². The minimum Gasteiger partial charge on any atom is -0.493 e. The third-order valence-electron chi connectivity index (χ3n) is 12.7. The van der Waals surface area contributed by atoms with E-state index in [2.05, 4.69) is 53.3 Å². The van der Waals surface area contributed by atoms with Gasteiger partial charge in [0, 0.05) is 30.9 Å². The van der Waals surface area contributed by atoms with Crippen molar-refractivity contribution in [1.29, 1.82) is 0 Å². The minimum absolute atomic E-state index is 0.139. The van der Waals surface area contributed by atoms with Gasteiger partial charge in [-0.15, -0.1) is 0 Å². The maximum absolute atomic E-state index is 14.1. The van der Waals surface area contributed by atoms with Gasteiger partial charge in [-0.25, -0.2) is 4.79 Å². The summed E-state index contributed by atoms with van der Waals surface area (Å²) < 4.78 is 12.8. The van der Waals surface area contributed by atoms with Crippen molar-refractivity contribution in [3.63, 3.8) is 0 Å². The Morgan fingerprint density at radius 3 is 2.39 bits per heavy atom. The van der Waals surface area contributed by atoms with Crippen LogP contribution in [0.2, 0.25) is 10.0 Å². The molecule has 0 unspecified atom stereocenters. The highest BCUT2D eigenvalue weighted by molar-refractivity contribution is 6.42. The molecule has 4 aromatic carbocycles. The van der Waals surface area contributed by atoms with E-state index in [-0.39, 0.29) is 24.3 Å². The van der Waals surface area contributed by atoms with Crippen molar-refractivity contribution >= 4 is 35.1 Å². The fourth-order valence-corrected chi connectivity index (χ4v) is 9.16. The topological polar surface area (TPSA) is 101 Å². The zero-order valence-corrected chi connectivity index (χ0v) is 35.4. The normalized spacial score (nSPS) is 18.9. The number of rotatable bonds is 12. The molecule has 3 heterocycles. The Bertz CT molecular complexity index is 2330. The van der Waals surface area contributed by atoms with Crippen molar-refractivity contribution in [2.24, 2.45) is 0 Å². The van der Waals surface area contributed by atoms with E-state index in [9.17, 15) is 14.7 Å². The van der Waals surface area contributed by atoms with E-state index in [1.807, 2.05) is 67.6 Å². The van der Waals surface area contributed by atoms with Gasteiger partial charge in [-0.1, -0.05) is 85.1 Å². The Labute approximate surface area is 356 Å². The standard InChI is InChI=1S/C49H51Cl2N3O5/c1-4-46(35-14-17-42(50)43(51)25-35)59-40-15-12-32(13-16-40)34-19-21-58-47-27-36-26-45(54(39-6-5-7-39)28-38(36)24-37(47)23-34)48(55)53-44(49(56)57)22-31-8-10-33(11-9-31)41-18-20-52-30(3)29(41)2/h8-18,20,24-25,27,34,39,44-46H,4-7,19,21-23,26,28H2,1-3H3,(H,53,55)(H,56,57)/t34-,44+,45+,46-/m1/s1. The van der Waals surface area contributed by atoms with Gasteiger partial charge >= 0.3 is 5.97 Å². The van der Waals surface area contributed by atoms with Crippen molar-refractivity contribution in [3.8, 4) is 22.6 Å². The number of pyridine rings is 1. The number of carbonyl (C=O) groups excluding carboxylic acids is 1. The van der Waals surface area contributed by atoms with E-state index in [1.54, 1.807) is 6.20 Å². The van der Waals surface area contributed by atoms with Gasteiger partial charge in [0.15, 0.2) is 0 Å². The first-order valence-electron chi connectivity index (χ1n) is 20.8. The summed E-state index contributed by atoms with van der Waals surface area (Å²) in [6.45, 7) is 7.37. The second kappa shape index (κ2) is 17.8. The molecule has 2 N–H and O–H groups in total. The van der Waals surface area contributed by atoms with Crippen LogP contribution in [0.1, 0.15) is 95.7 Å². The molecule has 0 spiro atoms. The molecule has 306 valence electrons. The highest BCUT2D eigenvalue weighted by atomic mass is 35.5. The van der Waals surface area contributed by atoms with Crippen LogP contribution >= 0.6 is 23.2 Å². The van der Waals surface area contributed by atoms with Gasteiger partial charge in [0.25, 0.3) is 0 Å². The van der Waals surface area contributed by atoms with Gasteiger partial charge in [0.05, 0.1) is 22.7 Å². The number of aliphatic carboxylic acids is 1. The van der Waals surface area contributed by atoms with Crippen LogP contribution in [-0.4, -0.2) is 51.6 Å². The zero-order chi connectivity index (χ0) is 41.2. The largest absolute Gasteiger partial charge is 0.493 e. The van der Waals surface area contributed by atoms with Crippen LogP contribution < -0.4 is 14.8 Å². The Hall–Kier alpha value is -4.89. The lowest BCUT2D eigenvalue weighted by molar-refractivity contribution is -0.143. The first-order valence-corrected chi connectivity index (χ1v) is 21.6. The highest BCUT2D eigenvalue weighted by Crippen LogP contribution is 2.40. The van der Waals surface area contributed by atoms with Gasteiger partial charge < -0.3 is 19.9 Å². The van der Waals surface area contributed by atoms with Crippen LogP contribution in [-0.2, 0) is 35.4 Å². The molecule has 1 amide bonds. The molecule has 3 aliphatic rings. The molecule has 2 aliphatic heterocycles. The lowest BCUT2D eigenvalue weighted by Gasteiger charge is -2.45. The van der Waals surface area contributed by atoms with Crippen LogP contribution in [0.5, 0.6) is 11.5 Å². The molecule has 59 heavy (non-hydrogen) atoms. The number of benzene rings is 4. The number of carboxylic acids is 1. The summed E-state index contributed by atoms with van der Waals surface area (Å²) in [5, 5.41) is 14.3. The predicted octanol–water partition coefficient (Wildman–Crippen LogP) is 10.4. The molecule has 1 aromatic heterocycles. The third kappa shape index (κ3) is 9.01. The summed E-state index contributed by atoms with van der Waals surface area (Å²) in [5.41, 5.74) is 10.8. The van der Waals surface area contributed by atoms with E-state index in [4.69, 9.17) is 32.7 Å². The van der Waals surface area contributed by atoms with Crippen molar-refractivity contribution in [2.75, 3.05) is 6.61 Å². The Balaban J connectivity index is 0.952. The molecule has 1 aliphatic carbocycles. The van der Waals surface area contributed by atoms with E-state index < -0.39 is 18.1 Å². The number of aromatic nitrogens is 1. The van der Waals surface area contributed by atoms with Crippen LogP contribution in [0, 0.1) is 13.8 Å². The Kier molecular flexibility index (Phi) is 12.3. The lowest BCUT2D eigenvalue weighted by atomic mass is 9.83. The average molecular weight is 833 g/mol. The van der Waals surface area contributed by atoms with Crippen molar-refractivity contribution < 1.29 is 24.2 Å². The quantitative estimate of drug-likeness (QED) is 0.129. The van der Waals surface area contributed by atoms with Gasteiger partial charge in [0.1, 0.15) is 23.6 Å². The second-order valence-corrected chi connectivity index (χ2v) is 17.2. The Morgan fingerprint density at radius 2 is 1.69 bits per heavy atom. The van der Waals surface area contributed by atoms with Crippen molar-refractivity contribution in [1.82, 2.24) is 15.2 Å². The van der Waals surface area contributed by atoms with Gasteiger partial charge in [-0.2, -0.15) is 0 Å². The maximum atomic E-state index is 14.1. The maximum Gasteiger partial charge on any atom is 0.326 e. The zero-order valence-electron chi connectivity index (χ0n) is 33.8. The smallest absolute Gasteiger partial charge is 0.326 e. The van der Waals surface area contributed by atoms with E-state index in [0.717, 1.165) is 89.1 Å². The molecule has 5 aromatic rings. The average Bonchev–Trinajstić information content (AvgIpc) is 3.42. The number of fused-ring (bicyclic) bond motifs is 2. The molecule has 1 fully saturated rings. The SMILES string of the molecule is CC[C@@H](Oc1ccc([C@@H]2CCOc3cc4c(cc3C2)CN(C2CCC2)[C@H](C(=O)N[C@@H](Cc2ccc(-c3ccnc(C)c3C)cc2)C(=O)O)C4)cc1)c1ccc(Cl)c(Cl)c1. The molecule has 0 bridgehead atoms. The van der Waals surface area contributed by atoms with Crippen LogP contribution in [0.3, 0.4) is 0 Å². The predicted molar refractivity (Wildman–Crippen MR) is 233 cm³/mol. The first kappa shape index (κ1) is 40.9. The lowest BCUT2D eigenvalue weighted by Crippen LogP contribution is -2.58. The van der Waals surface area contributed by atoms with E-state index >= 15 is 0 Å². The van der Waals surface area contributed by atoms with Crippen LogP contribution in [0.25, 0.3) is 11.1 Å². The number of ether oxygens (including phenoxy) is 2.